The Morgan fingerprint density at radius 3 is 2.63 bits per heavy atom. The second kappa shape index (κ2) is 8.51. The van der Waals surface area contributed by atoms with Crippen molar-refractivity contribution in [3.05, 3.63) is 81.8 Å². The number of halogens is 1. The zero-order chi connectivity index (χ0) is 19.2. The van der Waals surface area contributed by atoms with Gasteiger partial charge in [-0.2, -0.15) is 0 Å². The van der Waals surface area contributed by atoms with Gasteiger partial charge in [-0.25, -0.2) is 9.18 Å². The van der Waals surface area contributed by atoms with E-state index in [1.165, 1.54) is 30.6 Å². The fourth-order valence-electron chi connectivity index (χ4n) is 2.55. The van der Waals surface area contributed by atoms with E-state index in [1.54, 1.807) is 48.5 Å². The number of thiophene rings is 1. The quantitative estimate of drug-likeness (QED) is 0.576. The van der Waals surface area contributed by atoms with Gasteiger partial charge in [-0.1, -0.05) is 36.4 Å². The van der Waals surface area contributed by atoms with Gasteiger partial charge < -0.3 is 14.6 Å². The molecule has 0 aliphatic carbocycles. The lowest BCUT2D eigenvalue weighted by molar-refractivity contribution is -0.130. The van der Waals surface area contributed by atoms with Crippen LogP contribution in [0.25, 0.3) is 11.6 Å². The molecule has 6 heteroatoms. The third-order valence-electron chi connectivity index (χ3n) is 3.88. The molecule has 27 heavy (non-hydrogen) atoms. The number of carboxylic acids is 1. The first kappa shape index (κ1) is 18.7. The van der Waals surface area contributed by atoms with Gasteiger partial charge in [0, 0.05) is 16.0 Å². The number of carbonyl (C=O) groups is 1. The average molecular weight is 384 g/mol. The van der Waals surface area contributed by atoms with Gasteiger partial charge in [0.05, 0.1) is 12.7 Å². The zero-order valence-electron chi connectivity index (χ0n) is 14.5. The Bertz CT molecular complexity index is 964. The zero-order valence-corrected chi connectivity index (χ0v) is 15.3. The Kier molecular flexibility index (Phi) is 5.88. The third kappa shape index (κ3) is 4.35. The Morgan fingerprint density at radius 2 is 1.96 bits per heavy atom. The molecule has 3 rings (SSSR count). The van der Waals surface area contributed by atoms with Gasteiger partial charge >= 0.3 is 5.97 Å². The summed E-state index contributed by atoms with van der Waals surface area (Å²) < 4.78 is 25.0. The molecule has 1 heterocycles. The Balaban J connectivity index is 1.99. The van der Waals surface area contributed by atoms with Crippen LogP contribution < -0.4 is 9.47 Å². The largest absolute Gasteiger partial charge is 0.493 e. The van der Waals surface area contributed by atoms with E-state index in [2.05, 4.69) is 0 Å². The normalized spacial score (nSPS) is 11.3. The van der Waals surface area contributed by atoms with Crippen molar-refractivity contribution in [1.82, 2.24) is 0 Å². The predicted molar refractivity (Wildman–Crippen MR) is 104 cm³/mol. The SMILES string of the molecule is COc1cccc(/C=C(\C(=O)O)c2cccs2)c1OCc1ccccc1F. The summed E-state index contributed by atoms with van der Waals surface area (Å²) in [5, 5.41) is 11.4. The van der Waals surface area contributed by atoms with Gasteiger partial charge in [-0.3, -0.25) is 0 Å². The molecular formula is C21H17FO4S. The van der Waals surface area contributed by atoms with Crippen molar-refractivity contribution in [3.63, 3.8) is 0 Å². The number of aliphatic carboxylic acids is 1. The van der Waals surface area contributed by atoms with Crippen molar-refractivity contribution >= 4 is 29.0 Å². The van der Waals surface area contributed by atoms with Gasteiger partial charge in [0.15, 0.2) is 11.5 Å². The summed E-state index contributed by atoms with van der Waals surface area (Å²) in [5.74, 6) is -0.607. The van der Waals surface area contributed by atoms with E-state index in [-0.39, 0.29) is 18.0 Å². The van der Waals surface area contributed by atoms with Crippen LogP contribution >= 0.6 is 11.3 Å². The number of methoxy groups -OCH3 is 1. The van der Waals surface area contributed by atoms with Crippen molar-refractivity contribution in [2.45, 2.75) is 6.61 Å². The van der Waals surface area contributed by atoms with Crippen molar-refractivity contribution in [1.29, 1.82) is 0 Å². The molecule has 0 saturated heterocycles. The van der Waals surface area contributed by atoms with Crippen LogP contribution in [-0.2, 0) is 11.4 Å². The molecule has 0 aliphatic rings. The van der Waals surface area contributed by atoms with Crippen molar-refractivity contribution in [2.24, 2.45) is 0 Å². The van der Waals surface area contributed by atoms with Crippen LogP contribution in [0.15, 0.2) is 60.0 Å². The maximum atomic E-state index is 13.9. The van der Waals surface area contributed by atoms with Gasteiger partial charge in [0.2, 0.25) is 0 Å². The van der Waals surface area contributed by atoms with Crippen molar-refractivity contribution in [3.8, 4) is 11.5 Å². The van der Waals surface area contributed by atoms with Crippen LogP contribution in [-0.4, -0.2) is 18.2 Å². The number of hydrogen-bond donors (Lipinski definition) is 1. The molecule has 0 aliphatic heterocycles. The number of ether oxygens (including phenoxy) is 2. The summed E-state index contributed by atoms with van der Waals surface area (Å²) >= 11 is 1.34. The Hall–Kier alpha value is -3.12. The molecule has 3 aromatic rings. The van der Waals surface area contributed by atoms with Crippen LogP contribution in [0.3, 0.4) is 0 Å². The fraction of sp³-hybridized carbons (Fsp3) is 0.0952. The molecule has 1 N–H and O–H groups in total. The molecule has 138 valence electrons. The highest BCUT2D eigenvalue weighted by molar-refractivity contribution is 7.11. The van der Waals surface area contributed by atoms with E-state index >= 15 is 0 Å². The molecule has 0 radical (unpaired) electrons. The lowest BCUT2D eigenvalue weighted by atomic mass is 10.1. The highest BCUT2D eigenvalue weighted by atomic mass is 32.1. The molecule has 0 spiro atoms. The van der Waals surface area contributed by atoms with Crippen LogP contribution in [0.2, 0.25) is 0 Å². The number of carboxylic acid groups (broad SMARTS) is 1. The number of para-hydroxylation sites is 1. The highest BCUT2D eigenvalue weighted by Crippen LogP contribution is 2.35. The van der Waals surface area contributed by atoms with E-state index in [9.17, 15) is 14.3 Å². The summed E-state index contributed by atoms with van der Waals surface area (Å²) in [6.45, 7) is -0.00467. The predicted octanol–water partition coefficient (Wildman–Crippen LogP) is 5.10. The minimum atomic E-state index is -1.04. The fourth-order valence-corrected chi connectivity index (χ4v) is 3.29. The first-order valence-corrected chi connectivity index (χ1v) is 9.00. The van der Waals surface area contributed by atoms with Gasteiger partial charge in [-0.05, 0) is 29.7 Å². The minimum Gasteiger partial charge on any atom is -0.493 e. The first-order chi connectivity index (χ1) is 13.1. The summed E-state index contributed by atoms with van der Waals surface area (Å²) in [5.41, 5.74) is 1.08. The third-order valence-corrected chi connectivity index (χ3v) is 4.78. The maximum Gasteiger partial charge on any atom is 0.337 e. The number of rotatable bonds is 7. The van der Waals surface area contributed by atoms with E-state index in [4.69, 9.17) is 9.47 Å². The molecule has 0 saturated carbocycles. The number of benzene rings is 2. The van der Waals surface area contributed by atoms with E-state index in [0.717, 1.165) is 0 Å². The topological polar surface area (TPSA) is 55.8 Å². The molecule has 0 bridgehead atoms. The van der Waals surface area contributed by atoms with E-state index < -0.39 is 5.97 Å². The molecule has 0 amide bonds. The van der Waals surface area contributed by atoms with Crippen molar-refractivity contribution < 1.29 is 23.8 Å². The van der Waals surface area contributed by atoms with Crippen molar-refractivity contribution in [2.75, 3.05) is 7.11 Å². The lowest BCUT2D eigenvalue weighted by Crippen LogP contribution is -2.02. The molecule has 2 aromatic carbocycles. The van der Waals surface area contributed by atoms with Crippen LogP contribution in [0.5, 0.6) is 11.5 Å². The van der Waals surface area contributed by atoms with Crippen LogP contribution in [0.1, 0.15) is 16.0 Å². The summed E-state index contributed by atoms with van der Waals surface area (Å²) in [6, 6.07) is 15.0. The monoisotopic (exact) mass is 384 g/mol. The van der Waals surface area contributed by atoms with E-state index in [0.29, 0.717) is 27.5 Å². The Morgan fingerprint density at radius 1 is 1.15 bits per heavy atom. The second-order valence-corrected chi connectivity index (χ2v) is 6.55. The minimum absolute atomic E-state index is 0.00467. The summed E-state index contributed by atoms with van der Waals surface area (Å²) in [7, 11) is 1.50. The molecule has 4 nitrogen and oxygen atoms in total. The van der Waals surface area contributed by atoms with E-state index in [1.807, 2.05) is 5.38 Å². The maximum absolute atomic E-state index is 13.9. The standard InChI is InChI=1S/C21H17FO4S/c1-25-18-9-4-7-14(12-16(21(23)24)19-10-5-11-27-19)20(18)26-13-15-6-2-3-8-17(15)22/h2-12H,13H2,1H3,(H,23,24)/b16-12-. The molecule has 0 unspecified atom stereocenters. The second-order valence-electron chi connectivity index (χ2n) is 5.60. The van der Waals surface area contributed by atoms with Crippen LogP contribution in [0, 0.1) is 5.82 Å². The Labute approximate surface area is 160 Å². The highest BCUT2D eigenvalue weighted by Gasteiger charge is 2.16. The molecular weight excluding hydrogens is 367 g/mol. The molecule has 0 fully saturated rings. The molecule has 1 aromatic heterocycles. The average Bonchev–Trinajstić information content (AvgIpc) is 3.19. The van der Waals surface area contributed by atoms with Gasteiger partial charge in [0.1, 0.15) is 12.4 Å². The van der Waals surface area contributed by atoms with Gasteiger partial charge in [0.25, 0.3) is 0 Å². The smallest absolute Gasteiger partial charge is 0.337 e. The summed E-state index contributed by atoms with van der Waals surface area (Å²) in [4.78, 5) is 12.3. The number of hydrogen-bond acceptors (Lipinski definition) is 4. The first-order valence-electron chi connectivity index (χ1n) is 8.12. The van der Waals surface area contributed by atoms with Crippen LogP contribution in [0.4, 0.5) is 4.39 Å². The molecule has 0 atom stereocenters. The van der Waals surface area contributed by atoms with Gasteiger partial charge in [-0.15, -0.1) is 11.3 Å². The lowest BCUT2D eigenvalue weighted by Gasteiger charge is -2.14. The summed E-state index contributed by atoms with van der Waals surface area (Å²) in [6.07, 6.45) is 1.54.